The third-order valence-electron chi connectivity index (χ3n) is 5.25. The minimum absolute atomic E-state index is 0.0164. The van der Waals surface area contributed by atoms with Crippen molar-refractivity contribution >= 4 is 35.2 Å². The number of carbonyl (C=O) groups excluding carboxylic acids is 3. The third kappa shape index (κ3) is 6.50. The van der Waals surface area contributed by atoms with E-state index in [9.17, 15) is 14.4 Å². The van der Waals surface area contributed by atoms with Crippen LogP contribution in [-0.2, 0) is 9.59 Å². The highest BCUT2D eigenvalue weighted by molar-refractivity contribution is 8.00. The molecule has 1 aliphatic heterocycles. The first-order valence-electron chi connectivity index (χ1n) is 10.8. The zero-order valence-electron chi connectivity index (χ0n) is 20.2. The summed E-state index contributed by atoms with van der Waals surface area (Å²) in [7, 11) is 5.97. The number of ether oxygens (including phenoxy) is 4. The Kier molecular flexibility index (Phi) is 9.22. The number of nitrogens with one attached hydrogen (secondary N) is 4. The van der Waals surface area contributed by atoms with Crippen LogP contribution in [0.5, 0.6) is 23.0 Å². The summed E-state index contributed by atoms with van der Waals surface area (Å²) in [4.78, 5) is 37.8. The lowest BCUT2D eigenvalue weighted by Gasteiger charge is -2.35. The Morgan fingerprint density at radius 2 is 1.69 bits per heavy atom. The van der Waals surface area contributed by atoms with Gasteiger partial charge in [0.15, 0.2) is 11.5 Å². The predicted octanol–water partition coefficient (Wildman–Crippen LogP) is 0.479. The van der Waals surface area contributed by atoms with Crippen LogP contribution in [0.2, 0.25) is 0 Å². The Morgan fingerprint density at radius 1 is 0.972 bits per heavy atom. The van der Waals surface area contributed by atoms with Crippen LogP contribution in [0.25, 0.3) is 0 Å². The molecule has 36 heavy (non-hydrogen) atoms. The van der Waals surface area contributed by atoms with E-state index in [1.54, 1.807) is 30.3 Å². The fraction of sp³-hybridized carbons (Fsp3) is 0.348. The lowest BCUT2D eigenvalue weighted by atomic mass is 10.1. The maximum Gasteiger partial charge on any atom is 0.252 e. The number of carbonyl (C=O) groups is 3. The molecule has 0 spiro atoms. The molecule has 3 unspecified atom stereocenters. The molecule has 1 fully saturated rings. The highest BCUT2D eigenvalue weighted by Crippen LogP contribution is 2.29. The zero-order valence-corrected chi connectivity index (χ0v) is 21.1. The van der Waals surface area contributed by atoms with E-state index >= 15 is 0 Å². The van der Waals surface area contributed by atoms with Crippen LogP contribution in [0.15, 0.2) is 36.4 Å². The number of hydrogen-bond acceptors (Lipinski definition) is 10. The van der Waals surface area contributed by atoms with Gasteiger partial charge in [-0.1, -0.05) is 0 Å². The quantitative estimate of drug-likeness (QED) is 0.298. The SMILES string of the molecule is COc1ccc(NC(=O)CSC2NC(=O)C(NC(=O)c3ccc(OC)c(OC)c3)C(N)N2)c(OC)c1. The molecule has 0 radical (unpaired) electrons. The largest absolute Gasteiger partial charge is 0.497 e. The summed E-state index contributed by atoms with van der Waals surface area (Å²) in [5, 5.41) is 11.1. The molecule has 12 nitrogen and oxygen atoms in total. The number of anilines is 1. The maximum atomic E-state index is 12.7. The second-order valence-corrected chi connectivity index (χ2v) is 8.62. The van der Waals surface area contributed by atoms with E-state index < -0.39 is 29.5 Å². The minimum Gasteiger partial charge on any atom is -0.497 e. The number of hydrogen-bond donors (Lipinski definition) is 5. The van der Waals surface area contributed by atoms with E-state index in [1.165, 1.54) is 34.5 Å². The van der Waals surface area contributed by atoms with Crippen molar-refractivity contribution in [2.24, 2.45) is 5.73 Å². The Morgan fingerprint density at radius 3 is 2.33 bits per heavy atom. The van der Waals surface area contributed by atoms with Crippen LogP contribution >= 0.6 is 11.8 Å². The number of rotatable bonds is 10. The van der Waals surface area contributed by atoms with Gasteiger partial charge in [0.2, 0.25) is 11.8 Å². The Bertz CT molecular complexity index is 1120. The zero-order chi connectivity index (χ0) is 26.2. The molecule has 1 aliphatic rings. The molecule has 13 heteroatoms. The Labute approximate surface area is 212 Å². The van der Waals surface area contributed by atoms with Crippen molar-refractivity contribution in [1.82, 2.24) is 16.0 Å². The van der Waals surface area contributed by atoms with Crippen molar-refractivity contribution in [1.29, 1.82) is 0 Å². The van der Waals surface area contributed by atoms with Gasteiger partial charge in [-0.25, -0.2) is 0 Å². The monoisotopic (exact) mass is 519 g/mol. The number of nitrogens with two attached hydrogens (primary N) is 1. The molecule has 3 amide bonds. The summed E-state index contributed by atoms with van der Waals surface area (Å²) in [5.41, 5.74) is 6.23. The first kappa shape index (κ1) is 26.9. The van der Waals surface area contributed by atoms with Gasteiger partial charge in [-0.3, -0.25) is 19.7 Å². The summed E-state index contributed by atoms with van der Waals surface area (Å²) in [6, 6.07) is 8.63. The third-order valence-corrected chi connectivity index (χ3v) is 6.27. The summed E-state index contributed by atoms with van der Waals surface area (Å²) < 4.78 is 20.8. The number of methoxy groups -OCH3 is 4. The molecule has 0 aliphatic carbocycles. The van der Waals surface area contributed by atoms with Crippen molar-refractivity contribution in [2.75, 3.05) is 39.5 Å². The summed E-state index contributed by atoms with van der Waals surface area (Å²) >= 11 is 1.14. The molecule has 194 valence electrons. The molecule has 0 bridgehead atoms. The van der Waals surface area contributed by atoms with E-state index in [0.717, 1.165) is 11.8 Å². The highest BCUT2D eigenvalue weighted by Gasteiger charge is 2.35. The van der Waals surface area contributed by atoms with Crippen molar-refractivity contribution < 1.29 is 33.3 Å². The standard InChI is InChI=1S/C23H29N5O7S/c1-32-13-6-7-14(16(10-13)34-3)25-18(29)11-36-23-27-20(24)19(22(31)28-23)26-21(30)12-5-8-15(33-2)17(9-12)35-4/h5-10,19-20,23,27H,11,24H2,1-4H3,(H,25,29)(H,26,30)(H,28,31). The van der Waals surface area contributed by atoms with Crippen LogP contribution in [0.3, 0.4) is 0 Å². The van der Waals surface area contributed by atoms with Gasteiger partial charge >= 0.3 is 0 Å². The maximum absolute atomic E-state index is 12.7. The molecule has 3 rings (SSSR count). The van der Waals surface area contributed by atoms with Gasteiger partial charge in [-0.15, -0.1) is 11.8 Å². The van der Waals surface area contributed by atoms with Gasteiger partial charge in [0.25, 0.3) is 5.91 Å². The topological polar surface area (TPSA) is 162 Å². The Hall–Kier alpha value is -3.68. The lowest BCUT2D eigenvalue weighted by Crippen LogP contribution is -2.70. The van der Waals surface area contributed by atoms with Gasteiger partial charge in [0.1, 0.15) is 23.0 Å². The predicted molar refractivity (Wildman–Crippen MR) is 134 cm³/mol. The summed E-state index contributed by atoms with van der Waals surface area (Å²) in [6.45, 7) is 0. The van der Waals surface area contributed by atoms with E-state index in [1.807, 2.05) is 0 Å². The van der Waals surface area contributed by atoms with Crippen LogP contribution in [0.4, 0.5) is 5.69 Å². The van der Waals surface area contributed by atoms with Gasteiger partial charge in [0, 0.05) is 11.6 Å². The molecule has 1 heterocycles. The van der Waals surface area contributed by atoms with E-state index in [2.05, 4.69) is 21.3 Å². The normalized spacial score (nSPS) is 19.0. The molecular formula is C23H29N5O7S. The second-order valence-electron chi connectivity index (χ2n) is 7.53. The first-order valence-corrected chi connectivity index (χ1v) is 11.8. The van der Waals surface area contributed by atoms with Crippen molar-refractivity contribution in [3.05, 3.63) is 42.0 Å². The van der Waals surface area contributed by atoms with Gasteiger partial charge in [0.05, 0.1) is 46.0 Å². The number of amides is 3. The second kappa shape index (κ2) is 12.3. The molecular weight excluding hydrogens is 490 g/mol. The first-order chi connectivity index (χ1) is 17.3. The fourth-order valence-electron chi connectivity index (χ4n) is 3.39. The molecule has 2 aromatic rings. The molecule has 6 N–H and O–H groups in total. The van der Waals surface area contributed by atoms with Crippen molar-refractivity contribution in [3.63, 3.8) is 0 Å². The molecule has 1 saturated heterocycles. The van der Waals surface area contributed by atoms with Crippen LogP contribution in [0, 0.1) is 0 Å². The number of benzene rings is 2. The highest BCUT2D eigenvalue weighted by atomic mass is 32.2. The van der Waals surface area contributed by atoms with Crippen LogP contribution in [-0.4, -0.2) is 69.6 Å². The lowest BCUT2D eigenvalue weighted by molar-refractivity contribution is -0.125. The van der Waals surface area contributed by atoms with Gasteiger partial charge in [-0.2, -0.15) is 0 Å². The van der Waals surface area contributed by atoms with E-state index in [4.69, 9.17) is 24.7 Å². The van der Waals surface area contributed by atoms with E-state index in [0.29, 0.717) is 28.7 Å². The van der Waals surface area contributed by atoms with Crippen molar-refractivity contribution in [3.8, 4) is 23.0 Å². The summed E-state index contributed by atoms with van der Waals surface area (Å²) in [5.74, 6) is 0.610. The average Bonchev–Trinajstić information content (AvgIpc) is 2.89. The fourth-order valence-corrected chi connectivity index (χ4v) is 4.23. The van der Waals surface area contributed by atoms with Crippen LogP contribution < -0.4 is 45.9 Å². The smallest absolute Gasteiger partial charge is 0.252 e. The minimum atomic E-state index is -1.03. The molecule has 0 aromatic heterocycles. The average molecular weight is 520 g/mol. The van der Waals surface area contributed by atoms with Gasteiger partial charge < -0.3 is 40.6 Å². The van der Waals surface area contributed by atoms with E-state index in [-0.39, 0.29) is 17.2 Å². The summed E-state index contributed by atoms with van der Waals surface area (Å²) in [6.07, 6.45) is -0.884. The molecule has 2 aromatic carbocycles. The van der Waals surface area contributed by atoms with Crippen LogP contribution in [0.1, 0.15) is 10.4 Å². The number of thioether (sulfide) groups is 1. The Balaban J connectivity index is 1.53. The molecule has 3 atom stereocenters. The molecule has 0 saturated carbocycles. The van der Waals surface area contributed by atoms with Gasteiger partial charge in [-0.05, 0) is 30.3 Å². The van der Waals surface area contributed by atoms with Crippen molar-refractivity contribution in [2.45, 2.75) is 17.7 Å².